The summed E-state index contributed by atoms with van der Waals surface area (Å²) in [5, 5.41) is 12.0. The second kappa shape index (κ2) is 10.5. The number of aromatic nitrogens is 1. The average molecular weight is 484 g/mol. The van der Waals surface area contributed by atoms with Crippen molar-refractivity contribution in [1.82, 2.24) is 15.2 Å². The first kappa shape index (κ1) is 24.0. The van der Waals surface area contributed by atoms with E-state index in [9.17, 15) is 4.79 Å². The molecule has 2 aromatic carbocycles. The number of likely N-dealkylation sites (tertiary alicyclic amines) is 1. The lowest BCUT2D eigenvalue weighted by Crippen LogP contribution is -2.51. The van der Waals surface area contributed by atoms with Gasteiger partial charge >= 0.3 is 0 Å². The van der Waals surface area contributed by atoms with Gasteiger partial charge in [-0.25, -0.2) is 0 Å². The number of hydrogen-bond donors (Lipinski definition) is 3. The van der Waals surface area contributed by atoms with E-state index in [1.54, 1.807) is 24.4 Å². The number of anilines is 1. The highest BCUT2D eigenvalue weighted by Gasteiger charge is 2.29. The number of nitrogens with zero attached hydrogens (tertiary/aromatic N) is 2. The monoisotopic (exact) mass is 483 g/mol. The molecule has 7 nitrogen and oxygen atoms in total. The molecule has 0 radical (unpaired) electrons. The highest BCUT2D eigenvalue weighted by atomic mass is 16.5. The van der Waals surface area contributed by atoms with Crippen LogP contribution in [0.5, 0.6) is 5.75 Å². The molecule has 4 N–H and O–H groups in total. The van der Waals surface area contributed by atoms with Crippen LogP contribution >= 0.6 is 0 Å². The molecule has 5 rings (SSSR count). The zero-order valence-electron chi connectivity index (χ0n) is 20.6. The van der Waals surface area contributed by atoms with Gasteiger partial charge in [0, 0.05) is 41.7 Å². The fraction of sp³-hybridized carbons (Fsp3) is 0.345. The van der Waals surface area contributed by atoms with Crippen molar-refractivity contribution < 1.29 is 9.53 Å². The van der Waals surface area contributed by atoms with E-state index in [0.29, 0.717) is 22.7 Å². The number of carbonyl (C=O) groups excluding carboxylic acids is 1. The molecule has 0 unspecified atom stereocenters. The fourth-order valence-electron chi connectivity index (χ4n) is 5.19. The zero-order chi connectivity index (χ0) is 25.1. The minimum atomic E-state index is -0.180. The van der Waals surface area contributed by atoms with Crippen molar-refractivity contribution in [2.75, 3.05) is 25.9 Å². The summed E-state index contributed by atoms with van der Waals surface area (Å²) in [4.78, 5) is 20.1. The molecule has 1 saturated heterocycles. The van der Waals surface area contributed by atoms with Crippen LogP contribution in [0.1, 0.15) is 58.9 Å². The van der Waals surface area contributed by atoms with Crippen LogP contribution in [0.15, 0.2) is 66.9 Å². The molecule has 3 aromatic rings. The fourth-order valence-corrected chi connectivity index (χ4v) is 5.19. The number of ether oxygens (including phenoxy) is 1. The van der Waals surface area contributed by atoms with Crippen LogP contribution in [0.3, 0.4) is 0 Å². The Hall–Kier alpha value is -3.71. The Balaban J connectivity index is 1.32. The Morgan fingerprint density at radius 2 is 1.81 bits per heavy atom. The molecule has 2 fully saturated rings. The Bertz CT molecular complexity index is 1220. The summed E-state index contributed by atoms with van der Waals surface area (Å²) in [5.41, 5.74) is 9.60. The Morgan fingerprint density at radius 1 is 1.08 bits per heavy atom. The number of pyridine rings is 1. The van der Waals surface area contributed by atoms with Crippen molar-refractivity contribution in [2.24, 2.45) is 5.92 Å². The second-order valence-electron chi connectivity index (χ2n) is 9.91. The minimum absolute atomic E-state index is 0.135. The zero-order valence-corrected chi connectivity index (χ0v) is 20.6. The molecule has 1 aliphatic carbocycles. The first-order chi connectivity index (χ1) is 17.5. The molecule has 1 amide bonds. The molecule has 1 aromatic heterocycles. The SMILES string of the molecule is CN1CC(Oc2ccc(C(=N)c3cc(C(=O)N[C@H](c4ccccn4)C4CCCC4)ccc3N)cc2)C1. The Labute approximate surface area is 212 Å². The summed E-state index contributed by atoms with van der Waals surface area (Å²) in [6, 6.07) is 18.3. The summed E-state index contributed by atoms with van der Waals surface area (Å²) >= 11 is 0. The third-order valence-electron chi connectivity index (χ3n) is 7.23. The van der Waals surface area contributed by atoms with Crippen molar-refractivity contribution in [3.05, 3.63) is 89.2 Å². The number of nitrogens with one attached hydrogen (secondary N) is 2. The standard InChI is InChI=1S/C29H33N5O2/c1-34-17-23(18-34)36-22-12-9-19(10-13-22)27(31)24-16-21(11-14-25(24)30)29(35)33-28(20-6-2-3-7-20)26-8-4-5-15-32-26/h4-5,8-16,20,23,28,31H,2-3,6-7,17-18,30H2,1H3,(H,33,35)/t28-/m0/s1. The third-order valence-corrected chi connectivity index (χ3v) is 7.23. The van der Waals surface area contributed by atoms with Crippen molar-refractivity contribution in [1.29, 1.82) is 5.41 Å². The molecular formula is C29H33N5O2. The van der Waals surface area contributed by atoms with Gasteiger partial charge in [0.15, 0.2) is 0 Å². The number of nitrogens with two attached hydrogens (primary N) is 1. The quantitative estimate of drug-likeness (QED) is 0.325. The maximum atomic E-state index is 13.3. The first-order valence-corrected chi connectivity index (χ1v) is 12.6. The van der Waals surface area contributed by atoms with E-state index in [1.807, 2.05) is 42.5 Å². The number of likely N-dealkylation sites (N-methyl/N-ethyl adjacent to an activating group) is 1. The maximum absolute atomic E-state index is 13.3. The van der Waals surface area contributed by atoms with Gasteiger partial charge < -0.3 is 15.8 Å². The first-order valence-electron chi connectivity index (χ1n) is 12.6. The molecule has 2 aliphatic rings. The predicted molar refractivity (Wildman–Crippen MR) is 142 cm³/mol. The van der Waals surface area contributed by atoms with E-state index in [1.165, 1.54) is 12.8 Å². The third kappa shape index (κ3) is 5.26. The molecule has 1 saturated carbocycles. The van der Waals surface area contributed by atoms with Gasteiger partial charge in [-0.1, -0.05) is 18.9 Å². The Morgan fingerprint density at radius 3 is 2.47 bits per heavy atom. The number of rotatable bonds is 8. The highest BCUT2D eigenvalue weighted by molar-refractivity contribution is 6.14. The van der Waals surface area contributed by atoms with Crippen molar-refractivity contribution in [3.63, 3.8) is 0 Å². The maximum Gasteiger partial charge on any atom is 0.251 e. The van der Waals surface area contributed by atoms with Gasteiger partial charge in [-0.15, -0.1) is 0 Å². The van der Waals surface area contributed by atoms with Gasteiger partial charge in [0.2, 0.25) is 0 Å². The van der Waals surface area contributed by atoms with Gasteiger partial charge in [-0.2, -0.15) is 0 Å². The molecule has 1 atom stereocenters. The summed E-state index contributed by atoms with van der Waals surface area (Å²) in [6.45, 7) is 1.84. The van der Waals surface area contributed by atoms with Crippen LogP contribution in [0.25, 0.3) is 0 Å². The lowest BCUT2D eigenvalue weighted by molar-refractivity contribution is 0.0388. The van der Waals surface area contributed by atoms with Gasteiger partial charge in [-0.05, 0) is 80.4 Å². The number of benzene rings is 2. The highest BCUT2D eigenvalue weighted by Crippen LogP contribution is 2.35. The molecule has 36 heavy (non-hydrogen) atoms. The molecular weight excluding hydrogens is 450 g/mol. The van der Waals surface area contributed by atoms with Gasteiger partial charge in [-0.3, -0.25) is 20.1 Å². The van der Waals surface area contributed by atoms with Crippen molar-refractivity contribution >= 4 is 17.3 Å². The van der Waals surface area contributed by atoms with Crippen LogP contribution in [-0.4, -0.2) is 47.7 Å². The van der Waals surface area contributed by atoms with Crippen LogP contribution in [-0.2, 0) is 0 Å². The van der Waals surface area contributed by atoms with Crippen LogP contribution in [0, 0.1) is 11.3 Å². The molecule has 0 bridgehead atoms. The van der Waals surface area contributed by atoms with Gasteiger partial charge in [0.25, 0.3) is 5.91 Å². The minimum Gasteiger partial charge on any atom is -0.488 e. The topological polar surface area (TPSA) is 104 Å². The molecule has 186 valence electrons. The van der Waals surface area contributed by atoms with Crippen LogP contribution < -0.4 is 15.8 Å². The van der Waals surface area contributed by atoms with Gasteiger partial charge in [0.05, 0.1) is 17.4 Å². The number of amides is 1. The molecule has 0 spiro atoms. The normalized spacial score (nSPS) is 17.4. The number of carbonyl (C=O) groups is 1. The number of hydrogen-bond acceptors (Lipinski definition) is 6. The van der Waals surface area contributed by atoms with Crippen molar-refractivity contribution in [3.8, 4) is 5.75 Å². The van der Waals surface area contributed by atoms with Gasteiger partial charge in [0.1, 0.15) is 11.9 Å². The number of nitrogen functional groups attached to an aromatic ring is 1. The summed E-state index contributed by atoms with van der Waals surface area (Å²) in [6.07, 6.45) is 6.49. The lowest BCUT2D eigenvalue weighted by Gasteiger charge is -2.36. The molecule has 1 aliphatic heterocycles. The van der Waals surface area contributed by atoms with E-state index in [4.69, 9.17) is 15.9 Å². The van der Waals surface area contributed by atoms with E-state index < -0.39 is 0 Å². The van der Waals surface area contributed by atoms with E-state index in [0.717, 1.165) is 42.9 Å². The summed E-state index contributed by atoms with van der Waals surface area (Å²) in [7, 11) is 2.07. The second-order valence-corrected chi connectivity index (χ2v) is 9.91. The van der Waals surface area contributed by atoms with E-state index in [2.05, 4.69) is 22.2 Å². The predicted octanol–water partition coefficient (Wildman–Crippen LogP) is 4.43. The lowest BCUT2D eigenvalue weighted by atomic mass is 9.94. The summed E-state index contributed by atoms with van der Waals surface area (Å²) in [5.74, 6) is 0.982. The molecule has 2 heterocycles. The van der Waals surface area contributed by atoms with E-state index >= 15 is 0 Å². The molecule has 7 heteroatoms. The van der Waals surface area contributed by atoms with Crippen LogP contribution in [0.2, 0.25) is 0 Å². The largest absolute Gasteiger partial charge is 0.488 e. The average Bonchev–Trinajstić information content (AvgIpc) is 3.42. The van der Waals surface area contributed by atoms with E-state index in [-0.39, 0.29) is 23.8 Å². The summed E-state index contributed by atoms with van der Waals surface area (Å²) < 4.78 is 5.96. The smallest absolute Gasteiger partial charge is 0.251 e. The van der Waals surface area contributed by atoms with Crippen LogP contribution in [0.4, 0.5) is 5.69 Å². The van der Waals surface area contributed by atoms with Crippen molar-refractivity contribution in [2.45, 2.75) is 37.8 Å². The Kier molecular flexibility index (Phi) is 7.00.